The number of nitrogens with one attached hydrogen (secondary N) is 1. The van der Waals surface area contributed by atoms with Crippen molar-refractivity contribution >= 4 is 22.5 Å². The molecule has 1 fully saturated rings. The molecule has 1 saturated carbocycles. The van der Waals surface area contributed by atoms with Crippen molar-refractivity contribution in [3.05, 3.63) is 53.5 Å². The fourth-order valence-corrected chi connectivity index (χ4v) is 5.85. The van der Waals surface area contributed by atoms with Gasteiger partial charge >= 0.3 is 0 Å². The van der Waals surface area contributed by atoms with Crippen molar-refractivity contribution in [2.75, 3.05) is 7.05 Å². The van der Waals surface area contributed by atoms with Crippen LogP contribution in [0.5, 0.6) is 0 Å². The number of halogens is 1. The third-order valence-corrected chi connectivity index (χ3v) is 7.63. The summed E-state index contributed by atoms with van der Waals surface area (Å²) in [5.41, 5.74) is 3.99. The molecule has 0 radical (unpaired) electrons. The van der Waals surface area contributed by atoms with Crippen LogP contribution in [-0.4, -0.2) is 23.5 Å². The van der Waals surface area contributed by atoms with Crippen molar-refractivity contribution < 1.29 is 0 Å². The summed E-state index contributed by atoms with van der Waals surface area (Å²) in [5, 5.41) is 6.30. The summed E-state index contributed by atoms with van der Waals surface area (Å²) in [4.78, 5) is 3.49. The van der Waals surface area contributed by atoms with Gasteiger partial charge in [0.1, 0.15) is 0 Å². The van der Waals surface area contributed by atoms with Gasteiger partial charge in [-0.3, -0.25) is 0 Å². The molecule has 0 saturated heterocycles. The fraction of sp³-hybridized carbons (Fsp3) is 0.524. The Morgan fingerprint density at radius 3 is 2.75 bits per heavy atom. The van der Waals surface area contributed by atoms with Gasteiger partial charge < -0.3 is 10.3 Å². The van der Waals surface area contributed by atoms with E-state index < -0.39 is 0 Å². The van der Waals surface area contributed by atoms with E-state index in [4.69, 9.17) is 16.9 Å². The number of benzene rings is 1. The Morgan fingerprint density at radius 2 is 2.08 bits per heavy atom. The van der Waals surface area contributed by atoms with Gasteiger partial charge in [-0.1, -0.05) is 39.0 Å². The van der Waals surface area contributed by atoms with Crippen LogP contribution in [0.3, 0.4) is 0 Å². The van der Waals surface area contributed by atoms with Gasteiger partial charge in [-0.2, -0.15) is 7.05 Å². The van der Waals surface area contributed by atoms with Crippen LogP contribution in [0.1, 0.15) is 44.2 Å². The molecule has 1 N–H and O–H groups in total. The van der Waals surface area contributed by atoms with Crippen LogP contribution < -0.4 is 0 Å². The van der Waals surface area contributed by atoms with Gasteiger partial charge in [-0.05, 0) is 46.3 Å². The molecule has 1 heterocycles. The summed E-state index contributed by atoms with van der Waals surface area (Å²) < 4.78 is 0. The van der Waals surface area contributed by atoms with Crippen molar-refractivity contribution in [3.8, 4) is 0 Å². The molecule has 5 unspecified atom stereocenters. The number of hydrogen-bond acceptors (Lipinski definition) is 0. The summed E-state index contributed by atoms with van der Waals surface area (Å²) in [6.07, 6.45) is 5.24. The lowest BCUT2D eigenvalue weighted by Gasteiger charge is -2.61. The molecular weight excluding hydrogens is 316 g/mol. The number of hydrogen-bond donors (Lipinski definition) is 1. The summed E-state index contributed by atoms with van der Waals surface area (Å²) >= 11 is 6.91. The highest BCUT2D eigenvalue weighted by molar-refractivity contribution is 6.21. The molecular formula is C21H26ClN2-. The third kappa shape index (κ3) is 1.82. The maximum absolute atomic E-state index is 6.91. The SMILES string of the molecule is C=CC1(C)C(Cl)CC2C(c3c[nH]c4cccc(c34)C2(C)C)C1[N-]C. The molecule has 4 rings (SSSR count). The highest BCUT2D eigenvalue weighted by Gasteiger charge is 2.53. The van der Waals surface area contributed by atoms with Crippen LogP contribution in [0, 0.1) is 11.3 Å². The van der Waals surface area contributed by atoms with E-state index in [-0.39, 0.29) is 22.2 Å². The summed E-state index contributed by atoms with van der Waals surface area (Å²) in [5.74, 6) is 0.863. The Hall–Kier alpha value is -1.25. The summed E-state index contributed by atoms with van der Waals surface area (Å²) in [7, 11) is 1.94. The summed E-state index contributed by atoms with van der Waals surface area (Å²) in [6, 6.07) is 6.79. The zero-order valence-corrected chi connectivity index (χ0v) is 15.7. The minimum Gasteiger partial charge on any atom is -0.661 e. The van der Waals surface area contributed by atoms with Gasteiger partial charge in [0.05, 0.1) is 0 Å². The second kappa shape index (κ2) is 5.12. The lowest BCUT2D eigenvalue weighted by molar-refractivity contribution is 0.120. The zero-order valence-electron chi connectivity index (χ0n) is 14.9. The standard InChI is InChI=1S/C21H26ClN2/c1-6-21(4)16(22)10-14-18(19(21)23-5)12-11-24-15-9-7-8-13(17(12)15)20(14,2)3/h6-9,11,14,16,18-19,24H,1,10H2,2-5H3/q-1. The minimum atomic E-state index is -0.177. The second-order valence-corrected chi connectivity index (χ2v) is 8.83. The molecule has 2 aromatic rings. The maximum atomic E-state index is 6.91. The highest BCUT2D eigenvalue weighted by Crippen LogP contribution is 2.61. The van der Waals surface area contributed by atoms with Crippen LogP contribution >= 0.6 is 11.6 Å². The number of H-pyrrole nitrogens is 1. The molecule has 1 aromatic heterocycles. The number of alkyl halides is 1. The molecule has 0 amide bonds. The highest BCUT2D eigenvalue weighted by atomic mass is 35.5. The average Bonchev–Trinajstić information content (AvgIpc) is 2.99. The fourth-order valence-electron chi connectivity index (χ4n) is 5.44. The van der Waals surface area contributed by atoms with Crippen LogP contribution in [0.25, 0.3) is 16.2 Å². The predicted octanol–water partition coefficient (Wildman–Crippen LogP) is 5.73. The molecule has 128 valence electrons. The minimum absolute atomic E-state index is 0.0592. The lowest BCUT2D eigenvalue weighted by atomic mass is 9.51. The first kappa shape index (κ1) is 16.2. The summed E-state index contributed by atoms with van der Waals surface area (Å²) in [6.45, 7) is 11.1. The van der Waals surface area contributed by atoms with E-state index in [9.17, 15) is 0 Å². The Balaban J connectivity index is 2.01. The van der Waals surface area contributed by atoms with Crippen LogP contribution in [0.15, 0.2) is 37.1 Å². The van der Waals surface area contributed by atoms with E-state index in [1.165, 1.54) is 22.0 Å². The Morgan fingerprint density at radius 1 is 1.33 bits per heavy atom. The van der Waals surface area contributed by atoms with Crippen LogP contribution in [0.4, 0.5) is 0 Å². The van der Waals surface area contributed by atoms with E-state index in [0.29, 0.717) is 11.8 Å². The van der Waals surface area contributed by atoms with Gasteiger partial charge in [-0.25, -0.2) is 0 Å². The number of aromatic amines is 1. The number of rotatable bonds is 2. The predicted molar refractivity (Wildman–Crippen MR) is 103 cm³/mol. The van der Waals surface area contributed by atoms with Crippen molar-refractivity contribution in [2.45, 2.75) is 49.9 Å². The molecule has 1 aromatic carbocycles. The van der Waals surface area contributed by atoms with E-state index in [0.717, 1.165) is 6.42 Å². The molecule has 5 atom stereocenters. The number of nitrogens with zero attached hydrogens (tertiary/aromatic N) is 1. The van der Waals surface area contributed by atoms with Gasteiger partial charge in [-0.15, -0.1) is 24.2 Å². The molecule has 24 heavy (non-hydrogen) atoms. The first-order valence-corrected chi connectivity index (χ1v) is 9.27. The quantitative estimate of drug-likeness (QED) is 0.533. The van der Waals surface area contributed by atoms with Crippen molar-refractivity contribution in [1.29, 1.82) is 0 Å². The van der Waals surface area contributed by atoms with Gasteiger partial charge in [0, 0.05) is 22.5 Å². The van der Waals surface area contributed by atoms with Gasteiger partial charge in [0.25, 0.3) is 0 Å². The molecule has 0 aliphatic heterocycles. The lowest BCUT2D eigenvalue weighted by Crippen LogP contribution is -2.54. The first-order chi connectivity index (χ1) is 11.4. The molecule has 0 bridgehead atoms. The molecule has 0 spiro atoms. The van der Waals surface area contributed by atoms with Crippen LogP contribution in [0.2, 0.25) is 0 Å². The Kier molecular flexibility index (Phi) is 3.47. The van der Waals surface area contributed by atoms with E-state index in [1.807, 2.05) is 13.1 Å². The molecule has 2 aliphatic rings. The molecule has 2 aliphatic carbocycles. The number of aromatic nitrogens is 1. The van der Waals surface area contributed by atoms with E-state index in [2.05, 4.69) is 56.7 Å². The van der Waals surface area contributed by atoms with E-state index in [1.54, 1.807) is 0 Å². The average molecular weight is 342 g/mol. The van der Waals surface area contributed by atoms with Crippen LogP contribution in [-0.2, 0) is 5.41 Å². The van der Waals surface area contributed by atoms with Crippen molar-refractivity contribution in [3.63, 3.8) is 0 Å². The zero-order chi connectivity index (χ0) is 17.3. The largest absolute Gasteiger partial charge is 0.661 e. The van der Waals surface area contributed by atoms with Gasteiger partial charge in [0.15, 0.2) is 0 Å². The van der Waals surface area contributed by atoms with Crippen molar-refractivity contribution in [1.82, 2.24) is 4.98 Å². The maximum Gasteiger partial charge on any atom is 0.0459 e. The normalized spacial score (nSPS) is 37.2. The third-order valence-electron chi connectivity index (χ3n) is 6.98. The second-order valence-electron chi connectivity index (χ2n) is 8.30. The number of likely N-dealkylation sites (N-methyl/N-ethyl adjacent to an activating group) is 1. The van der Waals surface area contributed by atoms with Crippen molar-refractivity contribution in [2.24, 2.45) is 11.3 Å². The Labute approximate surface area is 149 Å². The first-order valence-electron chi connectivity index (χ1n) is 8.83. The van der Waals surface area contributed by atoms with E-state index >= 15 is 0 Å². The molecule has 2 nitrogen and oxygen atoms in total. The Bertz CT molecular complexity index is 805. The van der Waals surface area contributed by atoms with Gasteiger partial charge in [0.2, 0.25) is 0 Å². The molecule has 3 heteroatoms. The monoisotopic (exact) mass is 341 g/mol. The topological polar surface area (TPSA) is 29.9 Å². The number of fused-ring (bicyclic) bond motifs is 2. The smallest absolute Gasteiger partial charge is 0.0459 e.